The van der Waals surface area contributed by atoms with Crippen molar-refractivity contribution in [1.29, 1.82) is 0 Å². The number of anilines is 1. The second-order valence-corrected chi connectivity index (χ2v) is 7.57. The molecule has 0 radical (unpaired) electrons. The minimum Gasteiger partial charge on any atom is -0.317 e. The lowest BCUT2D eigenvalue weighted by molar-refractivity contribution is -0.122. The van der Waals surface area contributed by atoms with Gasteiger partial charge in [0.25, 0.3) is 11.8 Å². The molecule has 1 aliphatic rings. The molecule has 0 unspecified atom stereocenters. The molecule has 1 saturated heterocycles. The van der Waals surface area contributed by atoms with Gasteiger partial charge in [-0.3, -0.25) is 14.9 Å². The molecule has 0 aliphatic carbocycles. The Morgan fingerprint density at radius 3 is 2.45 bits per heavy atom. The summed E-state index contributed by atoms with van der Waals surface area (Å²) in [6, 6.07) is 16.7. The second kappa shape index (κ2) is 7.69. The number of hydrogen-bond acceptors (Lipinski definition) is 3. The van der Waals surface area contributed by atoms with Crippen molar-refractivity contribution < 1.29 is 14.4 Å². The van der Waals surface area contributed by atoms with Crippen LogP contribution in [0.5, 0.6) is 0 Å². The summed E-state index contributed by atoms with van der Waals surface area (Å²) in [6.07, 6.45) is 3.28. The number of imide groups is 2. The van der Waals surface area contributed by atoms with Crippen molar-refractivity contribution >= 4 is 57.1 Å². The Bertz CT molecular complexity index is 1190. The number of nitrogens with zero attached hydrogens (tertiary/aromatic N) is 2. The third-order valence-corrected chi connectivity index (χ3v) is 5.06. The summed E-state index contributed by atoms with van der Waals surface area (Å²) in [6.45, 7) is 0. The van der Waals surface area contributed by atoms with Gasteiger partial charge < -0.3 is 4.57 Å². The van der Waals surface area contributed by atoms with Gasteiger partial charge in [-0.15, -0.1) is 0 Å². The van der Waals surface area contributed by atoms with Crippen LogP contribution < -0.4 is 10.2 Å². The van der Waals surface area contributed by atoms with Gasteiger partial charge in [0.05, 0.1) is 5.69 Å². The fourth-order valence-electron chi connectivity index (χ4n) is 3.03. The van der Waals surface area contributed by atoms with Gasteiger partial charge in [-0.1, -0.05) is 39.7 Å². The summed E-state index contributed by atoms with van der Waals surface area (Å²) in [4.78, 5) is 38.6. The lowest BCUT2D eigenvalue weighted by Gasteiger charge is -2.26. The van der Waals surface area contributed by atoms with Gasteiger partial charge in [-0.05, 0) is 54.6 Å². The molecule has 0 bridgehead atoms. The van der Waals surface area contributed by atoms with Gasteiger partial charge >= 0.3 is 6.03 Å². The van der Waals surface area contributed by atoms with Crippen LogP contribution in [0.3, 0.4) is 0 Å². The standard InChI is InChI=1S/C21H13BrClN3O3/c22-13-4-1-6-15(10-13)25-9-3-8-16(25)12-18-19(27)24-21(29)26(20(18)28)17-7-2-5-14(23)11-17/h1-12H,(H,24,27,29)/b18-12+. The molecule has 2 heterocycles. The van der Waals surface area contributed by atoms with E-state index < -0.39 is 17.8 Å². The Balaban J connectivity index is 1.76. The molecule has 0 saturated carbocycles. The molecule has 1 N–H and O–H groups in total. The summed E-state index contributed by atoms with van der Waals surface area (Å²) in [5.41, 5.74) is 1.59. The summed E-state index contributed by atoms with van der Waals surface area (Å²) in [7, 11) is 0. The number of barbiturate groups is 1. The number of amides is 4. The van der Waals surface area contributed by atoms with Gasteiger partial charge in [-0.25, -0.2) is 9.69 Å². The van der Waals surface area contributed by atoms with Crippen LogP contribution in [0.15, 0.2) is 76.9 Å². The maximum absolute atomic E-state index is 13.0. The fraction of sp³-hybridized carbons (Fsp3) is 0. The number of hydrogen-bond donors (Lipinski definition) is 1. The maximum atomic E-state index is 13.0. The molecule has 8 heteroatoms. The first kappa shape index (κ1) is 19.2. The highest BCUT2D eigenvalue weighted by molar-refractivity contribution is 9.10. The lowest BCUT2D eigenvalue weighted by Crippen LogP contribution is -2.54. The average Bonchev–Trinajstić information content (AvgIpc) is 3.13. The van der Waals surface area contributed by atoms with E-state index in [4.69, 9.17) is 11.6 Å². The van der Waals surface area contributed by atoms with Crippen LogP contribution in [0.4, 0.5) is 10.5 Å². The van der Waals surface area contributed by atoms with Gasteiger partial charge in [0, 0.05) is 27.1 Å². The zero-order valence-corrected chi connectivity index (χ0v) is 17.1. The van der Waals surface area contributed by atoms with Gasteiger partial charge in [-0.2, -0.15) is 0 Å². The minimum atomic E-state index is -0.818. The maximum Gasteiger partial charge on any atom is 0.335 e. The van der Waals surface area contributed by atoms with Crippen LogP contribution in [0, 0.1) is 0 Å². The molecule has 0 atom stereocenters. The predicted octanol–water partition coefficient (Wildman–Crippen LogP) is 4.56. The van der Waals surface area contributed by atoms with E-state index in [-0.39, 0.29) is 11.3 Å². The van der Waals surface area contributed by atoms with Crippen molar-refractivity contribution in [3.63, 3.8) is 0 Å². The lowest BCUT2D eigenvalue weighted by atomic mass is 10.1. The zero-order chi connectivity index (χ0) is 20.5. The quantitative estimate of drug-likeness (QED) is 0.451. The molecule has 1 aromatic heterocycles. The molecule has 2 aromatic carbocycles. The first-order chi connectivity index (χ1) is 13.9. The monoisotopic (exact) mass is 469 g/mol. The van der Waals surface area contributed by atoms with E-state index in [0.29, 0.717) is 10.7 Å². The van der Waals surface area contributed by atoms with E-state index in [1.165, 1.54) is 12.1 Å². The fourth-order valence-corrected chi connectivity index (χ4v) is 3.60. The highest BCUT2D eigenvalue weighted by atomic mass is 79.9. The van der Waals surface area contributed by atoms with Crippen LogP contribution in [0.1, 0.15) is 5.69 Å². The Morgan fingerprint density at radius 2 is 1.69 bits per heavy atom. The summed E-state index contributed by atoms with van der Waals surface area (Å²) < 4.78 is 2.73. The Hall–Kier alpha value is -3.16. The van der Waals surface area contributed by atoms with Gasteiger partial charge in [0.2, 0.25) is 0 Å². The first-order valence-electron chi connectivity index (χ1n) is 8.54. The van der Waals surface area contributed by atoms with Crippen molar-refractivity contribution in [2.24, 2.45) is 0 Å². The average molecular weight is 471 g/mol. The molecule has 144 valence electrons. The van der Waals surface area contributed by atoms with Crippen LogP contribution in [-0.4, -0.2) is 22.4 Å². The van der Waals surface area contributed by atoms with E-state index in [0.717, 1.165) is 15.1 Å². The van der Waals surface area contributed by atoms with E-state index in [9.17, 15) is 14.4 Å². The minimum absolute atomic E-state index is 0.153. The van der Waals surface area contributed by atoms with Crippen LogP contribution in [0.25, 0.3) is 11.8 Å². The first-order valence-corrected chi connectivity index (χ1v) is 9.71. The number of carbonyl (C=O) groups excluding carboxylic acids is 3. The molecule has 4 amide bonds. The molecular weight excluding hydrogens is 458 g/mol. The number of halogens is 2. The number of carbonyl (C=O) groups is 3. The third kappa shape index (κ3) is 3.74. The highest BCUT2D eigenvalue weighted by Gasteiger charge is 2.37. The molecule has 29 heavy (non-hydrogen) atoms. The zero-order valence-electron chi connectivity index (χ0n) is 14.8. The van der Waals surface area contributed by atoms with Crippen molar-refractivity contribution in [2.45, 2.75) is 0 Å². The van der Waals surface area contributed by atoms with E-state index in [1.807, 2.05) is 35.0 Å². The molecule has 3 aromatic rings. The summed E-state index contributed by atoms with van der Waals surface area (Å²) in [5.74, 6) is -1.47. The summed E-state index contributed by atoms with van der Waals surface area (Å²) in [5, 5.41) is 2.58. The SMILES string of the molecule is O=C1NC(=O)N(c2cccc(Cl)c2)C(=O)/C1=C/c1cccn1-c1cccc(Br)c1. The van der Waals surface area contributed by atoms with Crippen molar-refractivity contribution in [3.8, 4) is 5.69 Å². The largest absolute Gasteiger partial charge is 0.335 e. The Labute approximate surface area is 179 Å². The number of benzene rings is 2. The number of aromatic nitrogens is 1. The van der Waals surface area contributed by atoms with Crippen LogP contribution in [-0.2, 0) is 9.59 Å². The predicted molar refractivity (Wildman–Crippen MR) is 114 cm³/mol. The van der Waals surface area contributed by atoms with Gasteiger partial charge in [0.1, 0.15) is 5.57 Å². The molecule has 1 aliphatic heterocycles. The molecule has 4 rings (SSSR count). The topological polar surface area (TPSA) is 71.4 Å². The Kier molecular flexibility index (Phi) is 5.08. The number of urea groups is 1. The van der Waals surface area contributed by atoms with Crippen LogP contribution >= 0.6 is 27.5 Å². The number of nitrogens with one attached hydrogen (secondary N) is 1. The second-order valence-electron chi connectivity index (χ2n) is 6.22. The van der Waals surface area contributed by atoms with E-state index in [1.54, 1.807) is 30.3 Å². The smallest absolute Gasteiger partial charge is 0.317 e. The molecule has 6 nitrogen and oxygen atoms in total. The normalized spacial score (nSPS) is 15.7. The number of rotatable bonds is 3. The van der Waals surface area contributed by atoms with Crippen molar-refractivity contribution in [3.05, 3.63) is 87.6 Å². The highest BCUT2D eigenvalue weighted by Crippen LogP contribution is 2.25. The molecular formula is C21H13BrClN3O3. The van der Waals surface area contributed by atoms with Crippen molar-refractivity contribution in [2.75, 3.05) is 4.90 Å². The van der Waals surface area contributed by atoms with Crippen LogP contribution in [0.2, 0.25) is 5.02 Å². The molecule has 1 fully saturated rings. The van der Waals surface area contributed by atoms with Gasteiger partial charge in [0.15, 0.2) is 0 Å². The molecule has 0 spiro atoms. The Morgan fingerprint density at radius 1 is 0.931 bits per heavy atom. The van der Waals surface area contributed by atoms with E-state index >= 15 is 0 Å². The van der Waals surface area contributed by atoms with Crippen molar-refractivity contribution in [1.82, 2.24) is 9.88 Å². The van der Waals surface area contributed by atoms with E-state index in [2.05, 4.69) is 21.2 Å². The third-order valence-electron chi connectivity index (χ3n) is 4.33. The summed E-state index contributed by atoms with van der Waals surface area (Å²) >= 11 is 9.42.